The molecule has 112 valence electrons. The maximum atomic E-state index is 10.6. The molecule has 0 aliphatic heterocycles. The number of carbonyl (C=O) groups is 1. The second kappa shape index (κ2) is 6.49. The van der Waals surface area contributed by atoms with E-state index in [0.29, 0.717) is 22.5 Å². The monoisotopic (exact) mass is 309 g/mol. The van der Waals surface area contributed by atoms with Gasteiger partial charge in [-0.05, 0) is 12.1 Å². The Morgan fingerprint density at radius 1 is 1.29 bits per heavy atom. The first-order valence-corrected chi connectivity index (χ1v) is 7.01. The lowest BCUT2D eigenvalue weighted by Gasteiger charge is -2.06. The summed E-state index contributed by atoms with van der Waals surface area (Å²) in [6.45, 7) is 0. The van der Waals surface area contributed by atoms with Gasteiger partial charge in [-0.1, -0.05) is 11.8 Å². The van der Waals surface area contributed by atoms with Crippen molar-refractivity contribution >= 4 is 17.7 Å². The summed E-state index contributed by atoms with van der Waals surface area (Å²) in [5.41, 5.74) is 0.740. The minimum absolute atomic E-state index is 0.0621. The number of carboxylic acids is 1. The molecule has 0 radical (unpaired) electrons. The first-order valence-electron chi connectivity index (χ1n) is 6.02. The van der Waals surface area contributed by atoms with E-state index in [1.807, 2.05) is 0 Å². The van der Waals surface area contributed by atoms with Gasteiger partial charge in [0.1, 0.15) is 11.5 Å². The van der Waals surface area contributed by atoms with Crippen molar-refractivity contribution in [3.05, 3.63) is 18.2 Å². The molecule has 1 aromatic carbocycles. The fourth-order valence-electron chi connectivity index (χ4n) is 1.68. The van der Waals surface area contributed by atoms with Crippen molar-refractivity contribution in [2.24, 2.45) is 7.05 Å². The zero-order valence-corrected chi connectivity index (χ0v) is 12.7. The number of aromatic nitrogens is 3. The Morgan fingerprint density at radius 2 is 1.90 bits per heavy atom. The molecular formula is C13H15N3O4S. The topological polar surface area (TPSA) is 86.5 Å². The number of rotatable bonds is 6. The normalized spacial score (nSPS) is 10.4. The minimum atomic E-state index is -0.896. The largest absolute Gasteiger partial charge is 0.497 e. The van der Waals surface area contributed by atoms with Crippen LogP contribution in [0.15, 0.2) is 23.4 Å². The van der Waals surface area contributed by atoms with Crippen LogP contribution in [0, 0.1) is 0 Å². The molecule has 0 atom stereocenters. The number of methoxy groups -OCH3 is 2. The molecule has 0 bridgehead atoms. The molecule has 2 rings (SSSR count). The highest BCUT2D eigenvalue weighted by Gasteiger charge is 2.13. The third-order valence-electron chi connectivity index (χ3n) is 2.66. The van der Waals surface area contributed by atoms with E-state index >= 15 is 0 Å². The zero-order chi connectivity index (χ0) is 15.4. The van der Waals surface area contributed by atoms with E-state index in [9.17, 15) is 4.79 Å². The third kappa shape index (κ3) is 3.66. The Hall–Kier alpha value is -2.22. The van der Waals surface area contributed by atoms with Crippen molar-refractivity contribution in [1.29, 1.82) is 0 Å². The minimum Gasteiger partial charge on any atom is -0.497 e. The molecule has 0 saturated carbocycles. The number of ether oxygens (including phenoxy) is 2. The zero-order valence-electron chi connectivity index (χ0n) is 11.9. The van der Waals surface area contributed by atoms with Crippen LogP contribution in [-0.2, 0) is 11.8 Å². The number of aryl methyl sites for hydroxylation is 1. The van der Waals surface area contributed by atoms with Crippen LogP contribution in [0.4, 0.5) is 0 Å². The number of benzene rings is 1. The lowest BCUT2D eigenvalue weighted by molar-refractivity contribution is -0.133. The summed E-state index contributed by atoms with van der Waals surface area (Å²) in [5.74, 6) is 0.802. The van der Waals surface area contributed by atoms with Gasteiger partial charge in [0.2, 0.25) is 0 Å². The van der Waals surface area contributed by atoms with E-state index < -0.39 is 5.97 Å². The number of carboxylic acid groups (broad SMARTS) is 1. The average Bonchev–Trinajstić information content (AvgIpc) is 2.85. The van der Waals surface area contributed by atoms with Gasteiger partial charge in [-0.2, -0.15) is 5.10 Å². The number of aliphatic carboxylic acids is 1. The molecule has 0 amide bonds. The van der Waals surface area contributed by atoms with Gasteiger partial charge in [0.15, 0.2) is 11.0 Å². The Bertz CT molecular complexity index is 635. The first kappa shape index (κ1) is 15.2. The number of hydrogen-bond acceptors (Lipinski definition) is 6. The highest BCUT2D eigenvalue weighted by atomic mass is 32.2. The van der Waals surface area contributed by atoms with Crippen LogP contribution in [0.2, 0.25) is 0 Å². The van der Waals surface area contributed by atoms with Gasteiger partial charge in [-0.25, -0.2) is 9.67 Å². The van der Waals surface area contributed by atoms with Gasteiger partial charge in [0, 0.05) is 18.7 Å². The Kier molecular flexibility index (Phi) is 4.69. The van der Waals surface area contributed by atoms with Gasteiger partial charge in [-0.3, -0.25) is 4.79 Å². The van der Waals surface area contributed by atoms with Crippen molar-refractivity contribution in [3.63, 3.8) is 0 Å². The van der Waals surface area contributed by atoms with E-state index in [4.69, 9.17) is 14.6 Å². The van der Waals surface area contributed by atoms with E-state index in [0.717, 1.165) is 17.3 Å². The Balaban J connectivity index is 2.33. The third-order valence-corrected chi connectivity index (χ3v) is 3.66. The fourth-order valence-corrected chi connectivity index (χ4v) is 2.31. The summed E-state index contributed by atoms with van der Waals surface area (Å²) in [5, 5.41) is 13.5. The maximum Gasteiger partial charge on any atom is 0.313 e. The molecule has 21 heavy (non-hydrogen) atoms. The molecule has 7 nitrogen and oxygen atoms in total. The van der Waals surface area contributed by atoms with E-state index in [1.165, 1.54) is 0 Å². The second-order valence-corrected chi connectivity index (χ2v) is 5.07. The van der Waals surface area contributed by atoms with Crippen LogP contribution in [0.3, 0.4) is 0 Å². The molecule has 1 aromatic heterocycles. The lowest BCUT2D eigenvalue weighted by Crippen LogP contribution is -2.00. The SMILES string of the molecule is COc1cc(OC)cc(-c2nc(SCC(=O)O)n(C)n2)c1. The molecule has 1 heterocycles. The molecule has 0 fully saturated rings. The van der Waals surface area contributed by atoms with Gasteiger partial charge in [-0.15, -0.1) is 0 Å². The summed E-state index contributed by atoms with van der Waals surface area (Å²) >= 11 is 1.12. The van der Waals surface area contributed by atoms with Crippen molar-refractivity contribution in [2.45, 2.75) is 5.16 Å². The fraction of sp³-hybridized carbons (Fsp3) is 0.308. The van der Waals surface area contributed by atoms with Gasteiger partial charge in [0.05, 0.1) is 20.0 Å². The van der Waals surface area contributed by atoms with E-state index in [1.54, 1.807) is 44.1 Å². The summed E-state index contributed by atoms with van der Waals surface area (Å²) in [6.07, 6.45) is 0. The summed E-state index contributed by atoms with van der Waals surface area (Å²) in [7, 11) is 4.86. The van der Waals surface area contributed by atoms with Crippen LogP contribution in [0.1, 0.15) is 0 Å². The van der Waals surface area contributed by atoms with Crippen molar-refractivity contribution in [1.82, 2.24) is 14.8 Å². The molecule has 0 unspecified atom stereocenters. The average molecular weight is 309 g/mol. The van der Waals surface area contributed by atoms with Gasteiger partial charge < -0.3 is 14.6 Å². The molecule has 0 aliphatic rings. The standard InChI is InChI=1S/C13H15N3O4S/c1-16-13(21-7-11(17)18)14-12(15-16)8-4-9(19-2)6-10(5-8)20-3/h4-6H,7H2,1-3H3,(H,17,18). The summed E-state index contributed by atoms with van der Waals surface area (Å²) in [6, 6.07) is 5.35. The molecular weight excluding hydrogens is 294 g/mol. The van der Waals surface area contributed by atoms with Gasteiger partial charge >= 0.3 is 5.97 Å². The van der Waals surface area contributed by atoms with Crippen molar-refractivity contribution in [3.8, 4) is 22.9 Å². The Labute approximate surface area is 125 Å². The highest BCUT2D eigenvalue weighted by molar-refractivity contribution is 7.99. The van der Waals surface area contributed by atoms with Gasteiger partial charge in [0.25, 0.3) is 0 Å². The summed E-state index contributed by atoms with van der Waals surface area (Å²) < 4.78 is 12.0. The number of nitrogens with zero attached hydrogens (tertiary/aromatic N) is 3. The molecule has 0 spiro atoms. The smallest absolute Gasteiger partial charge is 0.313 e. The van der Waals surface area contributed by atoms with Crippen LogP contribution in [0.25, 0.3) is 11.4 Å². The molecule has 1 N–H and O–H groups in total. The van der Waals surface area contributed by atoms with Crippen LogP contribution < -0.4 is 9.47 Å². The molecule has 8 heteroatoms. The predicted octanol–water partition coefficient (Wildman–Crippen LogP) is 1.68. The van der Waals surface area contributed by atoms with E-state index in [2.05, 4.69) is 10.1 Å². The maximum absolute atomic E-state index is 10.6. The lowest BCUT2D eigenvalue weighted by atomic mass is 10.2. The van der Waals surface area contributed by atoms with Crippen LogP contribution >= 0.6 is 11.8 Å². The van der Waals surface area contributed by atoms with E-state index in [-0.39, 0.29) is 5.75 Å². The number of hydrogen-bond donors (Lipinski definition) is 1. The van der Waals surface area contributed by atoms with Crippen molar-refractivity contribution < 1.29 is 19.4 Å². The first-order chi connectivity index (χ1) is 10.0. The van der Waals surface area contributed by atoms with Crippen LogP contribution in [0.5, 0.6) is 11.5 Å². The summed E-state index contributed by atoms with van der Waals surface area (Å²) in [4.78, 5) is 15.0. The highest BCUT2D eigenvalue weighted by Crippen LogP contribution is 2.29. The quantitative estimate of drug-likeness (QED) is 0.812. The predicted molar refractivity (Wildman–Crippen MR) is 77.9 cm³/mol. The van der Waals surface area contributed by atoms with Crippen molar-refractivity contribution in [2.75, 3.05) is 20.0 Å². The van der Waals surface area contributed by atoms with Crippen LogP contribution in [-0.4, -0.2) is 45.8 Å². The molecule has 2 aromatic rings. The molecule has 0 saturated heterocycles. The number of thioether (sulfide) groups is 1. The Morgan fingerprint density at radius 3 is 2.43 bits per heavy atom. The molecule has 0 aliphatic carbocycles. The second-order valence-electron chi connectivity index (χ2n) is 4.13.